The Morgan fingerprint density at radius 3 is 2.36 bits per heavy atom. The van der Waals surface area contributed by atoms with Crippen LogP contribution in [0.25, 0.3) is 22.5 Å². The molecule has 0 aliphatic carbocycles. The number of methoxy groups -OCH3 is 3. The van der Waals surface area contributed by atoms with Crippen LogP contribution in [0.2, 0.25) is 0 Å². The van der Waals surface area contributed by atoms with Crippen LogP contribution in [-0.2, 0) is 7.05 Å². The van der Waals surface area contributed by atoms with Gasteiger partial charge in [-0.1, -0.05) is 0 Å². The van der Waals surface area contributed by atoms with Gasteiger partial charge in [0, 0.05) is 24.2 Å². The lowest BCUT2D eigenvalue weighted by atomic mass is 10.0. The molecule has 28 heavy (non-hydrogen) atoms. The molecular formula is C19H18BrN3O5. The number of ether oxygens (including phenoxy) is 3. The minimum Gasteiger partial charge on any atom is -0.493 e. The number of aromatic nitrogens is 2. The second kappa shape index (κ2) is 7.89. The first-order valence-electron chi connectivity index (χ1n) is 8.17. The summed E-state index contributed by atoms with van der Waals surface area (Å²) in [6, 6.07) is 8.50. The average Bonchev–Trinajstić information content (AvgIpc) is 3.08. The molecule has 0 spiro atoms. The van der Waals surface area contributed by atoms with E-state index in [1.165, 1.54) is 13.2 Å². The molecule has 9 heteroatoms. The maximum absolute atomic E-state index is 11.4. The molecule has 0 aliphatic rings. The summed E-state index contributed by atoms with van der Waals surface area (Å²) in [5.74, 6) is 1.32. The second-order valence-corrected chi connectivity index (χ2v) is 6.74. The molecule has 0 aliphatic heterocycles. The number of nitrogens with zero attached hydrogens (tertiary/aromatic N) is 3. The van der Waals surface area contributed by atoms with Gasteiger partial charge in [0.05, 0.1) is 48.4 Å². The van der Waals surface area contributed by atoms with E-state index in [9.17, 15) is 10.1 Å². The van der Waals surface area contributed by atoms with Crippen LogP contribution in [0, 0.1) is 10.1 Å². The van der Waals surface area contributed by atoms with Crippen molar-refractivity contribution in [1.82, 2.24) is 9.55 Å². The summed E-state index contributed by atoms with van der Waals surface area (Å²) >= 11 is 3.49. The Kier molecular flexibility index (Phi) is 5.55. The normalized spacial score (nSPS) is 10.6. The smallest absolute Gasteiger partial charge is 0.311 e. The largest absolute Gasteiger partial charge is 0.493 e. The lowest BCUT2D eigenvalue weighted by molar-refractivity contribution is -0.385. The summed E-state index contributed by atoms with van der Waals surface area (Å²) in [4.78, 5) is 15.4. The Morgan fingerprint density at radius 2 is 1.75 bits per heavy atom. The van der Waals surface area contributed by atoms with E-state index in [0.29, 0.717) is 27.2 Å². The number of rotatable bonds is 6. The highest BCUT2D eigenvalue weighted by molar-refractivity contribution is 9.10. The third kappa shape index (κ3) is 3.40. The van der Waals surface area contributed by atoms with Gasteiger partial charge in [0.25, 0.3) is 0 Å². The van der Waals surface area contributed by atoms with Crippen LogP contribution in [0.1, 0.15) is 0 Å². The van der Waals surface area contributed by atoms with Crippen molar-refractivity contribution < 1.29 is 19.1 Å². The van der Waals surface area contributed by atoms with E-state index in [4.69, 9.17) is 14.2 Å². The SMILES string of the molecule is COc1ccc(-c2c(-c3cc(Br)c(OC)c(OC)c3)ncn2C)cc1[N+](=O)[O-]. The molecule has 0 unspecified atom stereocenters. The van der Waals surface area contributed by atoms with Crippen molar-refractivity contribution in [2.24, 2.45) is 7.05 Å². The van der Waals surface area contributed by atoms with Gasteiger partial charge in [0.15, 0.2) is 17.2 Å². The minimum atomic E-state index is -0.467. The number of aryl methyl sites for hydroxylation is 1. The van der Waals surface area contributed by atoms with Crippen molar-refractivity contribution in [1.29, 1.82) is 0 Å². The van der Waals surface area contributed by atoms with Gasteiger partial charge >= 0.3 is 5.69 Å². The van der Waals surface area contributed by atoms with Crippen molar-refractivity contribution in [3.8, 4) is 39.8 Å². The fraction of sp³-hybridized carbons (Fsp3) is 0.211. The van der Waals surface area contributed by atoms with E-state index in [1.807, 2.05) is 23.7 Å². The molecule has 0 saturated carbocycles. The Labute approximate surface area is 170 Å². The summed E-state index contributed by atoms with van der Waals surface area (Å²) < 4.78 is 18.4. The molecule has 0 radical (unpaired) electrons. The van der Waals surface area contributed by atoms with E-state index < -0.39 is 4.92 Å². The lowest BCUT2D eigenvalue weighted by Crippen LogP contribution is -1.97. The fourth-order valence-corrected chi connectivity index (χ4v) is 3.62. The number of halogens is 1. The van der Waals surface area contributed by atoms with Crippen molar-refractivity contribution in [2.45, 2.75) is 0 Å². The highest BCUT2D eigenvalue weighted by atomic mass is 79.9. The number of nitro groups is 1. The number of hydrogen-bond acceptors (Lipinski definition) is 6. The standard InChI is InChI=1S/C19H18BrN3O5/c1-22-10-21-17(12-7-13(20)19(28-4)16(9-12)27-3)18(22)11-5-6-15(26-2)14(8-11)23(24)25/h5-10H,1-4H3. The van der Waals surface area contributed by atoms with Gasteiger partial charge in [-0.3, -0.25) is 10.1 Å². The van der Waals surface area contributed by atoms with Gasteiger partial charge in [-0.05, 0) is 40.2 Å². The van der Waals surface area contributed by atoms with Crippen LogP contribution in [0.5, 0.6) is 17.2 Å². The van der Waals surface area contributed by atoms with E-state index >= 15 is 0 Å². The predicted molar refractivity (Wildman–Crippen MR) is 108 cm³/mol. The summed E-state index contributed by atoms with van der Waals surface area (Å²) in [7, 11) is 6.35. The Morgan fingerprint density at radius 1 is 1.04 bits per heavy atom. The molecule has 0 N–H and O–H groups in total. The molecule has 0 bridgehead atoms. The number of nitro benzene ring substituents is 1. The lowest BCUT2D eigenvalue weighted by Gasteiger charge is -2.13. The Hall–Kier alpha value is -3.07. The molecule has 0 amide bonds. The third-order valence-corrected chi connectivity index (χ3v) is 4.88. The van der Waals surface area contributed by atoms with Crippen LogP contribution >= 0.6 is 15.9 Å². The zero-order chi connectivity index (χ0) is 20.4. The fourth-order valence-electron chi connectivity index (χ4n) is 3.02. The Balaban J connectivity index is 2.21. The molecule has 146 valence electrons. The van der Waals surface area contributed by atoms with E-state index in [1.54, 1.807) is 32.7 Å². The topological polar surface area (TPSA) is 88.7 Å². The van der Waals surface area contributed by atoms with Gasteiger partial charge in [-0.15, -0.1) is 0 Å². The molecule has 0 atom stereocenters. The summed E-state index contributed by atoms with van der Waals surface area (Å²) in [6.45, 7) is 0. The van der Waals surface area contributed by atoms with E-state index in [0.717, 1.165) is 11.3 Å². The highest BCUT2D eigenvalue weighted by Crippen LogP contribution is 2.42. The van der Waals surface area contributed by atoms with Crippen molar-refractivity contribution in [3.63, 3.8) is 0 Å². The maximum atomic E-state index is 11.4. The molecular weight excluding hydrogens is 430 g/mol. The van der Waals surface area contributed by atoms with E-state index in [-0.39, 0.29) is 11.4 Å². The highest BCUT2D eigenvalue weighted by Gasteiger charge is 2.21. The number of imidazole rings is 1. The zero-order valence-electron chi connectivity index (χ0n) is 15.7. The van der Waals surface area contributed by atoms with Gasteiger partial charge < -0.3 is 18.8 Å². The molecule has 3 rings (SSSR count). The second-order valence-electron chi connectivity index (χ2n) is 5.89. The van der Waals surface area contributed by atoms with Gasteiger partial charge in [0.1, 0.15) is 0 Å². The van der Waals surface area contributed by atoms with Gasteiger partial charge in [-0.25, -0.2) is 4.98 Å². The summed E-state index contributed by atoms with van der Waals surface area (Å²) in [6.07, 6.45) is 1.66. The average molecular weight is 448 g/mol. The first-order valence-corrected chi connectivity index (χ1v) is 8.96. The van der Waals surface area contributed by atoms with E-state index in [2.05, 4.69) is 20.9 Å². The zero-order valence-corrected chi connectivity index (χ0v) is 17.3. The number of benzene rings is 2. The first kappa shape index (κ1) is 19.7. The van der Waals surface area contributed by atoms with Crippen molar-refractivity contribution >= 4 is 21.6 Å². The van der Waals surface area contributed by atoms with Crippen molar-refractivity contribution in [2.75, 3.05) is 21.3 Å². The van der Waals surface area contributed by atoms with Crippen LogP contribution in [0.3, 0.4) is 0 Å². The molecule has 2 aromatic carbocycles. The number of hydrogen-bond donors (Lipinski definition) is 0. The van der Waals surface area contributed by atoms with Crippen LogP contribution < -0.4 is 14.2 Å². The van der Waals surface area contributed by atoms with Crippen LogP contribution in [-0.4, -0.2) is 35.8 Å². The van der Waals surface area contributed by atoms with Crippen molar-refractivity contribution in [3.05, 3.63) is 51.2 Å². The molecule has 8 nitrogen and oxygen atoms in total. The molecule has 1 aromatic heterocycles. The quantitative estimate of drug-likeness (QED) is 0.409. The monoisotopic (exact) mass is 447 g/mol. The first-order chi connectivity index (χ1) is 13.4. The maximum Gasteiger partial charge on any atom is 0.311 e. The summed E-state index contributed by atoms with van der Waals surface area (Å²) in [5.41, 5.74) is 2.70. The molecule has 0 saturated heterocycles. The summed E-state index contributed by atoms with van der Waals surface area (Å²) in [5, 5.41) is 11.4. The van der Waals surface area contributed by atoms with Crippen LogP contribution in [0.4, 0.5) is 5.69 Å². The Bertz CT molecular complexity index is 1050. The third-order valence-electron chi connectivity index (χ3n) is 4.29. The molecule has 3 aromatic rings. The van der Waals surface area contributed by atoms with Gasteiger partial charge in [0.2, 0.25) is 0 Å². The van der Waals surface area contributed by atoms with Gasteiger partial charge in [-0.2, -0.15) is 0 Å². The molecule has 1 heterocycles. The molecule has 0 fully saturated rings. The minimum absolute atomic E-state index is 0.111. The van der Waals surface area contributed by atoms with Crippen LogP contribution in [0.15, 0.2) is 41.1 Å². The predicted octanol–water partition coefficient (Wildman–Crippen LogP) is 4.45.